The average molecular weight is 294 g/mol. The lowest BCUT2D eigenvalue weighted by atomic mass is 10.2. The van der Waals surface area contributed by atoms with Gasteiger partial charge >= 0.3 is 5.97 Å². The zero-order chi connectivity index (χ0) is 15.4. The molecule has 0 aromatic carbocycles. The number of hydrogen-bond donors (Lipinski definition) is 1. The van der Waals surface area contributed by atoms with Crippen LogP contribution in [0.15, 0.2) is 12.1 Å². The van der Waals surface area contributed by atoms with Gasteiger partial charge in [0.1, 0.15) is 11.4 Å². The number of methoxy groups -OCH3 is 2. The quantitative estimate of drug-likeness (QED) is 0.872. The van der Waals surface area contributed by atoms with E-state index >= 15 is 0 Å². The van der Waals surface area contributed by atoms with Crippen molar-refractivity contribution in [1.29, 1.82) is 0 Å². The molecule has 1 aromatic heterocycles. The summed E-state index contributed by atoms with van der Waals surface area (Å²) in [6.45, 7) is 1.08. The van der Waals surface area contributed by atoms with Gasteiger partial charge in [-0.3, -0.25) is 4.79 Å². The summed E-state index contributed by atoms with van der Waals surface area (Å²) >= 11 is 0. The Kier molecular flexibility index (Phi) is 4.74. The van der Waals surface area contributed by atoms with Crippen molar-refractivity contribution in [3.8, 4) is 5.75 Å². The Bertz CT molecular complexity index is 546. The summed E-state index contributed by atoms with van der Waals surface area (Å²) in [5, 5.41) is 9.05. The molecule has 1 unspecified atom stereocenters. The van der Waals surface area contributed by atoms with Crippen LogP contribution < -0.4 is 4.74 Å². The standard InChI is InChI=1S/C14H18N2O5/c1-20-8-9-4-3-5-16(9)13(17)11-6-10(21-2)7-12(15-11)14(18)19/h6-7,9H,3-5,8H2,1-2H3,(H,18,19). The van der Waals surface area contributed by atoms with Crippen molar-refractivity contribution in [2.75, 3.05) is 27.4 Å². The van der Waals surface area contributed by atoms with E-state index in [2.05, 4.69) is 4.98 Å². The molecular formula is C14H18N2O5. The van der Waals surface area contributed by atoms with Gasteiger partial charge in [0, 0.05) is 25.8 Å². The number of carboxylic acid groups (broad SMARTS) is 1. The number of pyridine rings is 1. The summed E-state index contributed by atoms with van der Waals surface area (Å²) in [7, 11) is 3.01. The number of amides is 1. The Morgan fingerprint density at radius 3 is 2.71 bits per heavy atom. The molecule has 21 heavy (non-hydrogen) atoms. The molecule has 1 aliphatic rings. The topological polar surface area (TPSA) is 89.0 Å². The predicted octanol–water partition coefficient (Wildman–Crippen LogP) is 1.04. The molecule has 114 valence electrons. The molecule has 0 spiro atoms. The normalized spacial score (nSPS) is 17.8. The van der Waals surface area contributed by atoms with Crippen molar-refractivity contribution in [1.82, 2.24) is 9.88 Å². The van der Waals surface area contributed by atoms with Crippen molar-refractivity contribution >= 4 is 11.9 Å². The minimum Gasteiger partial charge on any atom is -0.497 e. The van der Waals surface area contributed by atoms with E-state index in [-0.39, 0.29) is 23.3 Å². The van der Waals surface area contributed by atoms with Crippen molar-refractivity contribution in [3.63, 3.8) is 0 Å². The number of hydrogen-bond acceptors (Lipinski definition) is 5. The van der Waals surface area contributed by atoms with E-state index in [1.165, 1.54) is 19.2 Å². The first-order chi connectivity index (χ1) is 10.1. The lowest BCUT2D eigenvalue weighted by Gasteiger charge is -2.23. The first kappa shape index (κ1) is 15.2. The average Bonchev–Trinajstić information content (AvgIpc) is 2.94. The molecule has 1 amide bonds. The zero-order valence-electron chi connectivity index (χ0n) is 12.0. The number of carbonyl (C=O) groups excluding carboxylic acids is 1. The molecule has 1 atom stereocenters. The second-order valence-electron chi connectivity index (χ2n) is 4.83. The Morgan fingerprint density at radius 2 is 2.10 bits per heavy atom. The summed E-state index contributed by atoms with van der Waals surface area (Å²) in [4.78, 5) is 29.2. The summed E-state index contributed by atoms with van der Waals surface area (Å²) in [6.07, 6.45) is 1.77. The summed E-state index contributed by atoms with van der Waals surface area (Å²) in [5.74, 6) is -1.19. The number of nitrogens with zero attached hydrogens (tertiary/aromatic N) is 2. The smallest absolute Gasteiger partial charge is 0.354 e. The molecule has 7 nitrogen and oxygen atoms in total. The van der Waals surface area contributed by atoms with Crippen LogP contribution in [-0.2, 0) is 4.74 Å². The lowest BCUT2D eigenvalue weighted by Crippen LogP contribution is -2.38. The number of aromatic carboxylic acids is 1. The van der Waals surface area contributed by atoms with E-state index in [1.54, 1.807) is 12.0 Å². The van der Waals surface area contributed by atoms with Crippen LogP contribution in [-0.4, -0.2) is 60.3 Å². The van der Waals surface area contributed by atoms with Gasteiger partial charge in [0.15, 0.2) is 5.69 Å². The van der Waals surface area contributed by atoms with Crippen LogP contribution in [0.4, 0.5) is 0 Å². The Hall–Kier alpha value is -2.15. The molecule has 0 saturated carbocycles. The molecule has 0 aliphatic carbocycles. The van der Waals surface area contributed by atoms with Crippen LogP contribution >= 0.6 is 0 Å². The van der Waals surface area contributed by atoms with E-state index in [1.807, 2.05) is 0 Å². The first-order valence-electron chi connectivity index (χ1n) is 6.66. The van der Waals surface area contributed by atoms with E-state index in [9.17, 15) is 9.59 Å². The van der Waals surface area contributed by atoms with Crippen molar-refractivity contribution in [3.05, 3.63) is 23.5 Å². The second kappa shape index (κ2) is 6.53. The molecule has 2 heterocycles. The third-order valence-electron chi connectivity index (χ3n) is 3.47. The van der Waals surface area contributed by atoms with Gasteiger partial charge in [0.2, 0.25) is 0 Å². The van der Waals surface area contributed by atoms with Gasteiger partial charge in [-0.05, 0) is 12.8 Å². The highest BCUT2D eigenvalue weighted by Gasteiger charge is 2.30. The minimum absolute atomic E-state index is 0.00350. The van der Waals surface area contributed by atoms with Gasteiger partial charge in [0.05, 0.1) is 19.8 Å². The molecule has 2 rings (SSSR count). The zero-order valence-corrected chi connectivity index (χ0v) is 12.0. The van der Waals surface area contributed by atoms with Crippen LogP contribution in [0, 0.1) is 0 Å². The molecule has 0 bridgehead atoms. The molecule has 1 N–H and O–H groups in total. The van der Waals surface area contributed by atoms with Crippen molar-refractivity contribution < 1.29 is 24.2 Å². The van der Waals surface area contributed by atoms with Crippen LogP contribution in [0.3, 0.4) is 0 Å². The number of aromatic nitrogens is 1. The summed E-state index contributed by atoms with van der Waals surface area (Å²) in [6, 6.07) is 2.75. The first-order valence-corrected chi connectivity index (χ1v) is 6.66. The van der Waals surface area contributed by atoms with E-state index < -0.39 is 5.97 Å². The fourth-order valence-corrected chi connectivity index (χ4v) is 2.46. The van der Waals surface area contributed by atoms with E-state index in [4.69, 9.17) is 14.6 Å². The highest BCUT2D eigenvalue weighted by molar-refractivity contribution is 5.95. The number of carboxylic acids is 1. The monoisotopic (exact) mass is 294 g/mol. The molecule has 1 aliphatic heterocycles. The maximum absolute atomic E-state index is 12.5. The van der Waals surface area contributed by atoms with Crippen molar-refractivity contribution in [2.45, 2.75) is 18.9 Å². The fraction of sp³-hybridized carbons (Fsp3) is 0.500. The van der Waals surface area contributed by atoms with Gasteiger partial charge < -0.3 is 19.5 Å². The van der Waals surface area contributed by atoms with Crippen LogP contribution in [0.25, 0.3) is 0 Å². The fourth-order valence-electron chi connectivity index (χ4n) is 2.46. The Labute approximate surface area is 122 Å². The number of carbonyl (C=O) groups is 2. The SMILES string of the molecule is COCC1CCCN1C(=O)c1cc(OC)cc(C(=O)O)n1. The molecule has 7 heteroatoms. The van der Waals surface area contributed by atoms with Crippen molar-refractivity contribution in [2.24, 2.45) is 0 Å². The lowest BCUT2D eigenvalue weighted by molar-refractivity contribution is 0.0624. The Balaban J connectivity index is 2.29. The summed E-state index contributed by atoms with van der Waals surface area (Å²) < 4.78 is 10.1. The van der Waals surface area contributed by atoms with Crippen LogP contribution in [0.2, 0.25) is 0 Å². The van der Waals surface area contributed by atoms with Gasteiger partial charge in [0.25, 0.3) is 5.91 Å². The van der Waals surface area contributed by atoms with Gasteiger partial charge in [-0.2, -0.15) is 0 Å². The van der Waals surface area contributed by atoms with E-state index in [0.29, 0.717) is 18.9 Å². The van der Waals surface area contributed by atoms with Gasteiger partial charge in [-0.1, -0.05) is 0 Å². The van der Waals surface area contributed by atoms with Gasteiger partial charge in [-0.25, -0.2) is 9.78 Å². The molecular weight excluding hydrogens is 276 g/mol. The third-order valence-corrected chi connectivity index (χ3v) is 3.47. The minimum atomic E-state index is -1.20. The predicted molar refractivity (Wildman–Crippen MR) is 73.7 cm³/mol. The van der Waals surface area contributed by atoms with Crippen LogP contribution in [0.1, 0.15) is 33.8 Å². The molecule has 1 fully saturated rings. The number of ether oxygens (including phenoxy) is 2. The van der Waals surface area contributed by atoms with Gasteiger partial charge in [-0.15, -0.1) is 0 Å². The number of likely N-dealkylation sites (tertiary alicyclic amines) is 1. The summed E-state index contributed by atoms with van der Waals surface area (Å²) in [5.41, 5.74) is -0.130. The molecule has 1 saturated heterocycles. The number of rotatable bonds is 5. The maximum Gasteiger partial charge on any atom is 0.354 e. The third kappa shape index (κ3) is 3.30. The molecule has 1 aromatic rings. The largest absolute Gasteiger partial charge is 0.497 e. The highest BCUT2D eigenvalue weighted by atomic mass is 16.5. The maximum atomic E-state index is 12.5. The van der Waals surface area contributed by atoms with Crippen LogP contribution in [0.5, 0.6) is 5.75 Å². The second-order valence-corrected chi connectivity index (χ2v) is 4.83. The Morgan fingerprint density at radius 1 is 1.38 bits per heavy atom. The molecule has 0 radical (unpaired) electrons. The highest BCUT2D eigenvalue weighted by Crippen LogP contribution is 2.22. The van der Waals surface area contributed by atoms with E-state index in [0.717, 1.165) is 12.8 Å².